The maximum atomic E-state index is 13.3. The molecule has 3 aromatic rings. The average molecular weight is 438 g/mol. The van der Waals surface area contributed by atoms with Crippen LogP contribution in [0.5, 0.6) is 0 Å². The Hall–Kier alpha value is -3.15. The molecule has 1 saturated heterocycles. The zero-order valence-corrected chi connectivity index (χ0v) is 17.2. The van der Waals surface area contributed by atoms with E-state index in [1.165, 1.54) is 12.1 Å². The molecule has 1 aromatic heterocycles. The van der Waals surface area contributed by atoms with E-state index in [1.807, 2.05) is 47.4 Å². The van der Waals surface area contributed by atoms with Crippen molar-refractivity contribution in [3.8, 4) is 11.8 Å². The number of likely N-dealkylation sites (tertiary alicyclic amines) is 1. The molecule has 8 heteroatoms. The first kappa shape index (κ1) is 20.7. The first-order chi connectivity index (χ1) is 15.4. The fourth-order valence-electron chi connectivity index (χ4n) is 4.69. The van der Waals surface area contributed by atoms with Crippen LogP contribution in [0.15, 0.2) is 60.9 Å². The van der Waals surface area contributed by atoms with Crippen molar-refractivity contribution >= 4 is 0 Å². The monoisotopic (exact) mass is 438 g/mol. The molecule has 1 atom stereocenters. The molecular formula is C24H21F3N4O. The van der Waals surface area contributed by atoms with Gasteiger partial charge in [-0.2, -0.15) is 23.5 Å². The minimum absolute atomic E-state index is 0.510. The van der Waals surface area contributed by atoms with E-state index in [0.717, 1.165) is 17.3 Å². The van der Waals surface area contributed by atoms with Crippen LogP contribution in [-0.4, -0.2) is 27.8 Å². The summed E-state index contributed by atoms with van der Waals surface area (Å²) in [6.45, 7) is 2.01. The second-order valence-electron chi connectivity index (χ2n) is 8.33. The Morgan fingerprint density at radius 3 is 2.56 bits per heavy atom. The Morgan fingerprint density at radius 2 is 1.88 bits per heavy atom. The van der Waals surface area contributed by atoms with Crippen LogP contribution in [0.3, 0.4) is 0 Å². The number of benzene rings is 2. The number of fused-ring (bicyclic) bond motifs is 2. The number of rotatable bonds is 3. The van der Waals surface area contributed by atoms with E-state index in [4.69, 9.17) is 4.74 Å². The minimum Gasteiger partial charge on any atom is -0.347 e. The van der Waals surface area contributed by atoms with Gasteiger partial charge in [0.1, 0.15) is 0 Å². The number of ether oxygens (including phenoxy) is 1. The first-order valence-corrected chi connectivity index (χ1v) is 10.5. The molecule has 1 unspecified atom stereocenters. The van der Waals surface area contributed by atoms with Crippen molar-refractivity contribution in [2.45, 2.75) is 37.3 Å². The summed E-state index contributed by atoms with van der Waals surface area (Å²) in [6.07, 6.45) is -0.371. The summed E-state index contributed by atoms with van der Waals surface area (Å²) in [4.78, 5) is 2.24. The van der Waals surface area contributed by atoms with Crippen LogP contribution in [0.2, 0.25) is 0 Å². The number of aromatic nitrogens is 2. The fourth-order valence-corrected chi connectivity index (χ4v) is 4.69. The van der Waals surface area contributed by atoms with Gasteiger partial charge in [0, 0.05) is 37.0 Å². The lowest BCUT2D eigenvalue weighted by Gasteiger charge is -2.39. The summed E-state index contributed by atoms with van der Waals surface area (Å²) in [5.74, 6) is 0. The molecule has 0 radical (unpaired) electrons. The van der Waals surface area contributed by atoms with Gasteiger partial charge < -0.3 is 4.74 Å². The van der Waals surface area contributed by atoms with Crippen LogP contribution in [0, 0.1) is 11.3 Å². The third-order valence-corrected chi connectivity index (χ3v) is 6.34. The lowest BCUT2D eigenvalue weighted by molar-refractivity contribution is -0.137. The normalized spacial score (nSPS) is 20.2. The highest BCUT2D eigenvalue weighted by Gasteiger charge is 2.48. The summed E-state index contributed by atoms with van der Waals surface area (Å²) in [5, 5.41) is 13.9. The number of halogens is 3. The maximum Gasteiger partial charge on any atom is 0.416 e. The van der Waals surface area contributed by atoms with Crippen molar-refractivity contribution in [2.24, 2.45) is 0 Å². The molecule has 0 amide bonds. The Bertz CT molecular complexity index is 1160. The smallest absolute Gasteiger partial charge is 0.347 e. The Morgan fingerprint density at radius 1 is 1.12 bits per heavy atom. The third-order valence-electron chi connectivity index (χ3n) is 6.34. The third kappa shape index (κ3) is 3.68. The van der Waals surface area contributed by atoms with E-state index in [1.54, 1.807) is 0 Å². The standard InChI is InChI=1S/C24H21F3N4O/c25-24(26,27)18-6-7-20-21(12-18)23(32-22(20)13-28)8-10-30(11-9-23)15-17-14-29-31(16-17)19-4-2-1-3-5-19/h1-7,12,14,16,22H,8-11,15H2. The predicted octanol–water partition coefficient (Wildman–Crippen LogP) is 4.98. The summed E-state index contributed by atoms with van der Waals surface area (Å²) >= 11 is 0. The predicted molar refractivity (Wildman–Crippen MR) is 111 cm³/mol. The van der Waals surface area contributed by atoms with Crippen LogP contribution in [0.1, 0.15) is 41.2 Å². The molecule has 1 fully saturated rings. The van der Waals surface area contributed by atoms with Gasteiger partial charge in [-0.25, -0.2) is 4.68 Å². The molecule has 0 bridgehead atoms. The van der Waals surface area contributed by atoms with Crippen molar-refractivity contribution in [3.63, 3.8) is 0 Å². The van der Waals surface area contributed by atoms with Crippen LogP contribution in [0.4, 0.5) is 13.2 Å². The molecule has 32 heavy (non-hydrogen) atoms. The molecule has 0 saturated carbocycles. The highest BCUT2D eigenvalue weighted by molar-refractivity contribution is 5.44. The highest BCUT2D eigenvalue weighted by atomic mass is 19.4. The quantitative estimate of drug-likeness (QED) is 0.579. The molecule has 5 nitrogen and oxygen atoms in total. The molecule has 164 valence electrons. The molecule has 0 aliphatic carbocycles. The van der Waals surface area contributed by atoms with Crippen molar-refractivity contribution in [1.29, 1.82) is 5.26 Å². The number of para-hydroxylation sites is 1. The van der Waals surface area contributed by atoms with Crippen molar-refractivity contribution in [2.75, 3.05) is 13.1 Å². The van der Waals surface area contributed by atoms with E-state index >= 15 is 0 Å². The van der Waals surface area contributed by atoms with E-state index in [9.17, 15) is 18.4 Å². The van der Waals surface area contributed by atoms with E-state index in [2.05, 4.69) is 16.1 Å². The van der Waals surface area contributed by atoms with Gasteiger partial charge in [-0.1, -0.05) is 24.3 Å². The number of alkyl halides is 3. The molecule has 2 aliphatic rings. The van der Waals surface area contributed by atoms with Crippen LogP contribution in [-0.2, 0) is 23.1 Å². The zero-order valence-electron chi connectivity index (χ0n) is 17.2. The fraction of sp³-hybridized carbons (Fsp3) is 0.333. The lowest BCUT2D eigenvalue weighted by Crippen LogP contribution is -2.42. The second-order valence-corrected chi connectivity index (χ2v) is 8.33. The summed E-state index contributed by atoms with van der Waals surface area (Å²) in [5.41, 5.74) is 1.56. The van der Waals surface area contributed by atoms with Crippen LogP contribution < -0.4 is 0 Å². The van der Waals surface area contributed by atoms with Crippen molar-refractivity contribution < 1.29 is 17.9 Å². The Kier molecular flexibility index (Phi) is 5.03. The van der Waals surface area contributed by atoms with Gasteiger partial charge in [-0.05, 0) is 42.7 Å². The Balaban J connectivity index is 1.32. The molecule has 5 rings (SSSR count). The van der Waals surface area contributed by atoms with E-state index < -0.39 is 23.4 Å². The number of nitrogens with zero attached hydrogens (tertiary/aromatic N) is 4. The Labute approximate surface area is 183 Å². The lowest BCUT2D eigenvalue weighted by atomic mass is 9.82. The summed E-state index contributed by atoms with van der Waals surface area (Å²) in [7, 11) is 0. The zero-order chi connectivity index (χ0) is 22.3. The first-order valence-electron chi connectivity index (χ1n) is 10.5. The number of piperidine rings is 1. The molecule has 2 aromatic carbocycles. The van der Waals surface area contributed by atoms with Gasteiger partial charge in [0.05, 0.1) is 29.1 Å². The van der Waals surface area contributed by atoms with Crippen LogP contribution in [0.25, 0.3) is 5.69 Å². The van der Waals surface area contributed by atoms with Gasteiger partial charge in [0.2, 0.25) is 0 Å². The summed E-state index contributed by atoms with van der Waals surface area (Å²) < 4.78 is 47.8. The highest BCUT2D eigenvalue weighted by Crippen LogP contribution is 2.50. The molecule has 2 aliphatic heterocycles. The van der Waals surface area contributed by atoms with E-state index in [-0.39, 0.29) is 0 Å². The van der Waals surface area contributed by atoms with Crippen molar-refractivity contribution in [1.82, 2.24) is 14.7 Å². The van der Waals surface area contributed by atoms with Gasteiger partial charge in [0.15, 0.2) is 6.10 Å². The van der Waals surface area contributed by atoms with Gasteiger partial charge in [-0.15, -0.1) is 0 Å². The van der Waals surface area contributed by atoms with E-state index in [0.29, 0.717) is 43.6 Å². The molecular weight excluding hydrogens is 417 g/mol. The second kappa shape index (κ2) is 7.76. The van der Waals surface area contributed by atoms with Crippen LogP contribution >= 0.6 is 0 Å². The number of hydrogen-bond donors (Lipinski definition) is 0. The largest absolute Gasteiger partial charge is 0.416 e. The maximum absolute atomic E-state index is 13.3. The minimum atomic E-state index is -4.43. The van der Waals surface area contributed by atoms with Crippen molar-refractivity contribution in [3.05, 3.63) is 83.2 Å². The number of nitriles is 1. The van der Waals surface area contributed by atoms with Gasteiger partial charge >= 0.3 is 6.18 Å². The molecule has 0 N–H and O–H groups in total. The molecule has 3 heterocycles. The van der Waals surface area contributed by atoms with Gasteiger partial charge in [0.25, 0.3) is 0 Å². The topological polar surface area (TPSA) is 54.1 Å². The van der Waals surface area contributed by atoms with Gasteiger partial charge in [-0.3, -0.25) is 4.90 Å². The SMILES string of the molecule is N#CC1OC2(CCN(Cc3cnn(-c4ccccc4)c3)CC2)c2cc(C(F)(F)F)ccc21. The number of hydrogen-bond acceptors (Lipinski definition) is 4. The average Bonchev–Trinajstić information content (AvgIpc) is 3.38. The molecule has 1 spiro atoms. The summed E-state index contributed by atoms with van der Waals surface area (Å²) in [6, 6.07) is 15.5.